The van der Waals surface area contributed by atoms with Crippen LogP contribution in [0.2, 0.25) is 0 Å². The maximum Gasteiger partial charge on any atom is 0.227 e. The zero-order valence-electron chi connectivity index (χ0n) is 27.5. The lowest BCUT2D eigenvalue weighted by atomic mass is 10.00. The molecule has 5 heteroatoms. The number of rotatable bonds is 11. The predicted molar refractivity (Wildman–Crippen MR) is 189 cm³/mol. The summed E-state index contributed by atoms with van der Waals surface area (Å²) in [7, 11) is 0. The van der Waals surface area contributed by atoms with E-state index >= 15 is 0 Å². The molecule has 232 valence electrons. The molecule has 2 N–H and O–H groups in total. The van der Waals surface area contributed by atoms with Crippen molar-refractivity contribution >= 4 is 23.5 Å². The highest BCUT2D eigenvalue weighted by atomic mass is 16.1. The van der Waals surface area contributed by atoms with Crippen molar-refractivity contribution in [1.82, 2.24) is 15.3 Å². The number of benzene rings is 2. The summed E-state index contributed by atoms with van der Waals surface area (Å²) in [4.78, 5) is 19.2. The molecule has 0 amide bonds. The van der Waals surface area contributed by atoms with Crippen LogP contribution >= 0.6 is 0 Å². The van der Waals surface area contributed by atoms with Crippen LogP contribution in [0, 0.1) is 20.8 Å². The fourth-order valence-electron chi connectivity index (χ4n) is 4.40. The largest absolute Gasteiger partial charge is 0.388 e. The normalized spacial score (nSPS) is 12.8. The lowest BCUT2D eigenvalue weighted by Gasteiger charge is -2.16. The Kier molecular flexibility index (Phi) is 16.5. The number of nitrogens with one attached hydrogen (secondary N) is 2. The van der Waals surface area contributed by atoms with E-state index in [0.29, 0.717) is 5.95 Å². The minimum absolute atomic E-state index is 0.586. The van der Waals surface area contributed by atoms with Crippen molar-refractivity contribution in [3.8, 4) is 0 Å². The van der Waals surface area contributed by atoms with Gasteiger partial charge in [-0.1, -0.05) is 105 Å². The molecule has 1 aromatic heterocycles. The summed E-state index contributed by atoms with van der Waals surface area (Å²) in [6.07, 6.45) is 17.7. The van der Waals surface area contributed by atoms with E-state index in [0.717, 1.165) is 61.0 Å². The third kappa shape index (κ3) is 13.2. The number of anilines is 2. The van der Waals surface area contributed by atoms with E-state index in [1.165, 1.54) is 34.4 Å². The van der Waals surface area contributed by atoms with Gasteiger partial charge < -0.3 is 10.6 Å². The molecule has 2 aromatic carbocycles. The molecule has 0 fully saturated rings. The maximum absolute atomic E-state index is 10.0. The van der Waals surface area contributed by atoms with Gasteiger partial charge in [-0.3, -0.25) is 4.79 Å². The van der Waals surface area contributed by atoms with Gasteiger partial charge in [-0.2, -0.15) is 0 Å². The minimum atomic E-state index is 0.586. The van der Waals surface area contributed by atoms with E-state index in [2.05, 4.69) is 100 Å². The number of nitrogens with zero attached hydrogens (tertiary/aromatic N) is 2. The van der Waals surface area contributed by atoms with Crippen LogP contribution in [0.15, 0.2) is 115 Å². The average Bonchev–Trinajstić information content (AvgIpc) is 3.04. The van der Waals surface area contributed by atoms with Crippen LogP contribution in [0.25, 0.3) is 5.57 Å². The fourth-order valence-corrected chi connectivity index (χ4v) is 4.40. The van der Waals surface area contributed by atoms with E-state index in [1.807, 2.05) is 48.6 Å². The number of aldehydes is 1. The Morgan fingerprint density at radius 1 is 0.977 bits per heavy atom. The maximum atomic E-state index is 10.0. The summed E-state index contributed by atoms with van der Waals surface area (Å²) >= 11 is 0. The van der Waals surface area contributed by atoms with Crippen LogP contribution in [0.5, 0.6) is 0 Å². The van der Waals surface area contributed by atoms with Gasteiger partial charge in [0, 0.05) is 35.3 Å². The molecular weight excluding hydrogens is 540 g/mol. The van der Waals surface area contributed by atoms with Crippen LogP contribution in [-0.4, -0.2) is 22.8 Å². The first-order chi connectivity index (χ1) is 21.3. The number of allylic oxidation sites excluding steroid dienone is 9. The van der Waals surface area contributed by atoms with Crippen molar-refractivity contribution in [3.63, 3.8) is 0 Å². The molecule has 0 unspecified atom stereocenters. The lowest BCUT2D eigenvalue weighted by Crippen LogP contribution is -2.16. The summed E-state index contributed by atoms with van der Waals surface area (Å²) in [6, 6.07) is 18.6. The number of hydrogen-bond acceptors (Lipinski definition) is 5. The number of carbonyl (C=O) groups excluding carboxylic acids is 1. The van der Waals surface area contributed by atoms with Crippen molar-refractivity contribution in [2.75, 3.05) is 11.9 Å². The molecule has 0 radical (unpaired) electrons. The molecule has 1 heterocycles. The van der Waals surface area contributed by atoms with Crippen molar-refractivity contribution in [2.24, 2.45) is 0 Å². The van der Waals surface area contributed by atoms with Crippen LogP contribution in [0.1, 0.15) is 75.3 Å². The van der Waals surface area contributed by atoms with Gasteiger partial charge in [-0.05, 0) is 82.7 Å². The van der Waals surface area contributed by atoms with Crippen LogP contribution in [0.3, 0.4) is 0 Å². The zero-order chi connectivity index (χ0) is 32.2. The molecule has 0 atom stereocenters. The summed E-state index contributed by atoms with van der Waals surface area (Å²) in [6.45, 7) is 17.7. The molecule has 0 bridgehead atoms. The number of unbranched alkanes of at least 4 members (excludes halogenated alkanes) is 1. The van der Waals surface area contributed by atoms with Crippen molar-refractivity contribution in [3.05, 3.63) is 137 Å². The van der Waals surface area contributed by atoms with E-state index in [1.54, 1.807) is 6.20 Å². The molecule has 4 rings (SSSR count). The Balaban J connectivity index is 0.000000339. The number of aryl methyl sites for hydroxylation is 3. The summed E-state index contributed by atoms with van der Waals surface area (Å²) in [5.41, 5.74) is 10.0. The van der Waals surface area contributed by atoms with Gasteiger partial charge >= 0.3 is 0 Å². The second-order valence-corrected chi connectivity index (χ2v) is 10.8. The van der Waals surface area contributed by atoms with Gasteiger partial charge in [0.05, 0.1) is 5.69 Å². The summed E-state index contributed by atoms with van der Waals surface area (Å²) in [5, 5.41) is 6.88. The van der Waals surface area contributed by atoms with Gasteiger partial charge in [-0.15, -0.1) is 0 Å². The third-order valence-electron chi connectivity index (χ3n) is 6.95. The fraction of sp³-hybridized carbons (Fsp3) is 0.308. The second kappa shape index (κ2) is 20.4. The molecule has 0 saturated heterocycles. The molecule has 5 nitrogen and oxygen atoms in total. The topological polar surface area (TPSA) is 66.9 Å². The molecule has 3 aromatic rings. The summed E-state index contributed by atoms with van der Waals surface area (Å²) in [5.74, 6) is 0.586. The molecular formula is C39H50N4O. The van der Waals surface area contributed by atoms with E-state index in [4.69, 9.17) is 4.98 Å². The van der Waals surface area contributed by atoms with Gasteiger partial charge in [-0.25, -0.2) is 9.97 Å². The van der Waals surface area contributed by atoms with E-state index in [9.17, 15) is 4.79 Å². The van der Waals surface area contributed by atoms with Crippen LogP contribution < -0.4 is 10.6 Å². The first-order valence-corrected chi connectivity index (χ1v) is 15.6. The molecule has 44 heavy (non-hydrogen) atoms. The lowest BCUT2D eigenvalue weighted by molar-refractivity contribution is -0.104. The van der Waals surface area contributed by atoms with Gasteiger partial charge in [0.25, 0.3) is 0 Å². The van der Waals surface area contributed by atoms with Gasteiger partial charge in [0.2, 0.25) is 5.95 Å². The van der Waals surface area contributed by atoms with Gasteiger partial charge in [0.15, 0.2) is 0 Å². The SMILES string of the molecule is C=C/C=C(\C(C)=C(/CC)NCCCC)c1ccnc(Nc2cccc(C)c2)n1.Cc1ccc(C)cc1.O=CC1=CCCC=C1. The quantitative estimate of drug-likeness (QED) is 0.132. The number of aromatic nitrogens is 2. The van der Waals surface area contributed by atoms with Crippen molar-refractivity contribution in [2.45, 2.75) is 73.6 Å². The van der Waals surface area contributed by atoms with Crippen molar-refractivity contribution in [1.29, 1.82) is 0 Å². The molecule has 1 aliphatic carbocycles. The second-order valence-electron chi connectivity index (χ2n) is 10.8. The Morgan fingerprint density at radius 2 is 1.70 bits per heavy atom. The first-order valence-electron chi connectivity index (χ1n) is 15.6. The number of hydrogen-bond donors (Lipinski definition) is 2. The highest BCUT2D eigenvalue weighted by Gasteiger charge is 2.11. The van der Waals surface area contributed by atoms with Gasteiger partial charge in [0.1, 0.15) is 6.29 Å². The van der Waals surface area contributed by atoms with Crippen molar-refractivity contribution < 1.29 is 4.79 Å². The standard InChI is InChI=1S/C24H32N4.C8H10.C7H8O/c1-6-9-15-25-22(8-3)19(5)21(11-7-2)23-14-16-26-24(28-23)27-20-13-10-12-18(4)17-20;1-7-3-5-8(2)6-4-7;8-6-7-4-2-1-3-5-7/h7,10-14,16-17,25H,2,6,8-9,15H2,1,3-5H3,(H,26,27,28);3-6H,1-2H3;2,4-6H,1,3H2/b21-11+,22-19+;;. The smallest absolute Gasteiger partial charge is 0.227 e. The Bertz CT molecular complexity index is 1420. The zero-order valence-corrected chi connectivity index (χ0v) is 27.5. The number of carbonyl (C=O) groups is 1. The van der Waals surface area contributed by atoms with E-state index < -0.39 is 0 Å². The summed E-state index contributed by atoms with van der Waals surface area (Å²) < 4.78 is 0. The van der Waals surface area contributed by atoms with Crippen LogP contribution in [-0.2, 0) is 4.79 Å². The highest BCUT2D eigenvalue weighted by molar-refractivity contribution is 5.79. The average molecular weight is 591 g/mol. The molecule has 1 aliphatic rings. The van der Waals surface area contributed by atoms with Crippen LogP contribution in [0.4, 0.5) is 11.6 Å². The monoisotopic (exact) mass is 590 g/mol. The first kappa shape index (κ1) is 35.7. The van der Waals surface area contributed by atoms with E-state index in [-0.39, 0.29) is 0 Å². The Hall–Kier alpha value is -4.51. The Labute approximate surface area is 265 Å². The predicted octanol–water partition coefficient (Wildman–Crippen LogP) is 9.94. The highest BCUT2D eigenvalue weighted by Crippen LogP contribution is 2.26. The molecule has 0 saturated carbocycles. The minimum Gasteiger partial charge on any atom is -0.388 e. The molecule has 0 aliphatic heterocycles. The third-order valence-corrected chi connectivity index (χ3v) is 6.95. The Morgan fingerprint density at radius 3 is 2.25 bits per heavy atom. The molecule has 0 spiro atoms.